The quantitative estimate of drug-likeness (QED) is 0.377. The van der Waals surface area contributed by atoms with Crippen molar-refractivity contribution < 1.29 is 19.2 Å². The van der Waals surface area contributed by atoms with E-state index in [9.17, 15) is 19.2 Å². The van der Waals surface area contributed by atoms with Gasteiger partial charge in [0.15, 0.2) is 0 Å². The molecule has 0 unspecified atom stereocenters. The van der Waals surface area contributed by atoms with Crippen LogP contribution < -0.4 is 0 Å². The Hall–Kier alpha value is -4.44. The third-order valence-corrected chi connectivity index (χ3v) is 3.74. The van der Waals surface area contributed by atoms with Gasteiger partial charge in [-0.1, -0.05) is 121 Å². The first-order chi connectivity index (χ1) is 15.7. The number of hydrogen-bond acceptors (Lipinski definition) is 4. The van der Waals surface area contributed by atoms with Crippen LogP contribution in [0.25, 0.3) is 0 Å². The maximum absolute atomic E-state index is 10.0. The zero-order valence-corrected chi connectivity index (χ0v) is 17.5. The van der Waals surface area contributed by atoms with Crippen LogP contribution in [0.4, 0.5) is 0 Å². The van der Waals surface area contributed by atoms with E-state index in [0.717, 1.165) is 47.4 Å². The van der Waals surface area contributed by atoms with E-state index in [1.54, 1.807) is 48.5 Å². The minimum atomic E-state index is 0.729. The molecule has 0 aromatic heterocycles. The molecule has 0 saturated carbocycles. The van der Waals surface area contributed by atoms with Gasteiger partial charge in [0.1, 0.15) is 25.1 Å². The van der Waals surface area contributed by atoms with E-state index >= 15 is 0 Å². The van der Waals surface area contributed by atoms with Crippen LogP contribution >= 0.6 is 0 Å². The van der Waals surface area contributed by atoms with Crippen molar-refractivity contribution in [1.29, 1.82) is 0 Å². The highest BCUT2D eigenvalue weighted by atomic mass is 16.1. The van der Waals surface area contributed by atoms with Gasteiger partial charge in [0, 0.05) is 22.3 Å². The van der Waals surface area contributed by atoms with Gasteiger partial charge in [0.2, 0.25) is 0 Å². The molecule has 4 aromatic rings. The first kappa shape index (κ1) is 25.6. The zero-order chi connectivity index (χ0) is 23.3. The van der Waals surface area contributed by atoms with E-state index in [0.29, 0.717) is 0 Å². The summed E-state index contributed by atoms with van der Waals surface area (Å²) in [7, 11) is 0. The van der Waals surface area contributed by atoms with E-state index in [4.69, 9.17) is 0 Å². The molecule has 4 nitrogen and oxygen atoms in total. The summed E-state index contributed by atoms with van der Waals surface area (Å²) >= 11 is 0. The van der Waals surface area contributed by atoms with Crippen molar-refractivity contribution in [3.63, 3.8) is 0 Å². The molecule has 0 aliphatic heterocycles. The van der Waals surface area contributed by atoms with Crippen molar-refractivity contribution in [3.05, 3.63) is 144 Å². The smallest absolute Gasteiger partial charge is 0.150 e. The van der Waals surface area contributed by atoms with Gasteiger partial charge in [0.25, 0.3) is 0 Å². The molecule has 0 aliphatic rings. The molecule has 32 heavy (non-hydrogen) atoms. The van der Waals surface area contributed by atoms with E-state index in [2.05, 4.69) is 0 Å². The van der Waals surface area contributed by atoms with Crippen LogP contribution in [-0.4, -0.2) is 25.1 Å². The van der Waals surface area contributed by atoms with Gasteiger partial charge in [-0.05, 0) is 0 Å². The molecule has 0 N–H and O–H groups in total. The maximum Gasteiger partial charge on any atom is 0.150 e. The molecule has 160 valence electrons. The molecule has 0 aliphatic carbocycles. The van der Waals surface area contributed by atoms with Gasteiger partial charge in [-0.15, -0.1) is 0 Å². The van der Waals surface area contributed by atoms with Gasteiger partial charge in [-0.25, -0.2) is 0 Å². The van der Waals surface area contributed by atoms with Crippen molar-refractivity contribution in [2.75, 3.05) is 0 Å². The van der Waals surface area contributed by atoms with Crippen molar-refractivity contribution in [2.24, 2.45) is 0 Å². The second-order valence-electron chi connectivity index (χ2n) is 6.11. The van der Waals surface area contributed by atoms with Gasteiger partial charge in [-0.2, -0.15) is 0 Å². The fraction of sp³-hybridized carbons (Fsp3) is 0. The number of rotatable bonds is 4. The Morgan fingerprint density at radius 1 is 0.281 bits per heavy atom. The van der Waals surface area contributed by atoms with Gasteiger partial charge < -0.3 is 0 Å². The van der Waals surface area contributed by atoms with Crippen LogP contribution in [0.1, 0.15) is 41.4 Å². The lowest BCUT2D eigenvalue weighted by Gasteiger charge is -1.81. The lowest BCUT2D eigenvalue weighted by atomic mass is 10.2. The molecule has 0 radical (unpaired) electrons. The zero-order valence-electron chi connectivity index (χ0n) is 17.5. The van der Waals surface area contributed by atoms with E-state index in [-0.39, 0.29) is 0 Å². The molecular formula is C28H24O4. The SMILES string of the molecule is O=Cc1ccccc1.O=Cc1ccccc1.O=Cc1ccccc1.O=Cc1ccccc1. The normalized spacial score (nSPS) is 8.50. The molecule has 0 atom stereocenters. The fourth-order valence-corrected chi connectivity index (χ4v) is 2.13. The second-order valence-corrected chi connectivity index (χ2v) is 6.11. The van der Waals surface area contributed by atoms with Crippen LogP contribution in [0.3, 0.4) is 0 Å². The first-order valence-corrected chi connectivity index (χ1v) is 9.74. The highest BCUT2D eigenvalue weighted by Gasteiger charge is 1.82. The van der Waals surface area contributed by atoms with Crippen LogP contribution in [0, 0.1) is 0 Å². The molecule has 0 heterocycles. The summed E-state index contributed by atoms with van der Waals surface area (Å²) in [6.07, 6.45) is 3.33. The Bertz CT molecular complexity index is 842. The Labute approximate surface area is 188 Å². The number of benzene rings is 4. The molecule has 4 aromatic carbocycles. The van der Waals surface area contributed by atoms with Crippen molar-refractivity contribution in [3.8, 4) is 0 Å². The molecule has 0 saturated heterocycles. The molecule has 0 fully saturated rings. The number of aldehydes is 4. The standard InChI is InChI=1S/4C7H6O/c4*8-6-7-4-2-1-3-5-7/h4*1-6H. The van der Waals surface area contributed by atoms with E-state index in [1.807, 2.05) is 72.8 Å². The molecule has 0 spiro atoms. The summed E-state index contributed by atoms with van der Waals surface area (Å²) in [4.78, 5) is 40.0. The predicted octanol–water partition coefficient (Wildman–Crippen LogP) is 6.00. The van der Waals surface area contributed by atoms with Gasteiger partial charge in [0.05, 0.1) is 0 Å². The second kappa shape index (κ2) is 17.4. The largest absolute Gasteiger partial charge is 0.298 e. The van der Waals surface area contributed by atoms with Crippen LogP contribution in [0.15, 0.2) is 121 Å². The highest BCUT2D eigenvalue weighted by molar-refractivity contribution is 5.75. The Morgan fingerprint density at radius 2 is 0.438 bits per heavy atom. The van der Waals surface area contributed by atoms with E-state index < -0.39 is 0 Å². The molecule has 0 bridgehead atoms. The lowest BCUT2D eigenvalue weighted by molar-refractivity contribution is 0.111. The van der Waals surface area contributed by atoms with Crippen molar-refractivity contribution in [2.45, 2.75) is 0 Å². The van der Waals surface area contributed by atoms with Crippen molar-refractivity contribution >= 4 is 25.1 Å². The molecule has 0 amide bonds. The fourth-order valence-electron chi connectivity index (χ4n) is 2.13. The maximum atomic E-state index is 10.0. The average molecular weight is 424 g/mol. The third kappa shape index (κ3) is 12.2. The third-order valence-electron chi connectivity index (χ3n) is 3.74. The summed E-state index contributed by atoms with van der Waals surface area (Å²) in [5.74, 6) is 0. The minimum absolute atomic E-state index is 0.729. The van der Waals surface area contributed by atoms with Gasteiger partial charge in [-0.3, -0.25) is 19.2 Å². The summed E-state index contributed by atoms with van der Waals surface area (Å²) in [5.41, 5.74) is 2.92. The van der Waals surface area contributed by atoms with Crippen LogP contribution in [-0.2, 0) is 0 Å². The predicted molar refractivity (Wildman–Crippen MR) is 127 cm³/mol. The topological polar surface area (TPSA) is 68.3 Å². The average Bonchev–Trinajstić information content (AvgIpc) is 2.91. The van der Waals surface area contributed by atoms with Crippen LogP contribution in [0.5, 0.6) is 0 Å². The Balaban J connectivity index is 0.000000213. The summed E-state index contributed by atoms with van der Waals surface area (Å²) < 4.78 is 0. The summed E-state index contributed by atoms with van der Waals surface area (Å²) in [5, 5.41) is 0. The molecular weight excluding hydrogens is 400 g/mol. The Kier molecular flexibility index (Phi) is 13.9. The number of hydrogen-bond donors (Lipinski definition) is 0. The summed E-state index contributed by atoms with van der Waals surface area (Å²) in [6.45, 7) is 0. The van der Waals surface area contributed by atoms with Crippen LogP contribution in [0.2, 0.25) is 0 Å². The molecule has 4 rings (SSSR count). The van der Waals surface area contributed by atoms with Crippen molar-refractivity contribution in [1.82, 2.24) is 0 Å². The number of carbonyl (C=O) groups is 4. The summed E-state index contributed by atoms with van der Waals surface area (Å²) in [6, 6.07) is 36.4. The molecule has 4 heteroatoms. The highest BCUT2D eigenvalue weighted by Crippen LogP contribution is 1.93. The lowest BCUT2D eigenvalue weighted by Crippen LogP contribution is -1.73. The number of carbonyl (C=O) groups excluding carboxylic acids is 4. The van der Waals surface area contributed by atoms with E-state index in [1.165, 1.54) is 0 Å². The Morgan fingerprint density at radius 3 is 0.531 bits per heavy atom. The minimum Gasteiger partial charge on any atom is -0.298 e. The monoisotopic (exact) mass is 424 g/mol. The first-order valence-electron chi connectivity index (χ1n) is 9.74. The van der Waals surface area contributed by atoms with Gasteiger partial charge >= 0.3 is 0 Å².